The van der Waals surface area contributed by atoms with Crippen LogP contribution in [0.3, 0.4) is 0 Å². The fourth-order valence-corrected chi connectivity index (χ4v) is 2.88. The number of halogens is 2. The molecule has 0 aromatic heterocycles. The maximum absolute atomic E-state index is 13.7. The highest BCUT2D eigenvalue weighted by molar-refractivity contribution is 9.08. The predicted molar refractivity (Wildman–Crippen MR) is 71.1 cm³/mol. The summed E-state index contributed by atoms with van der Waals surface area (Å²) in [6.07, 6.45) is 4.71. The summed E-state index contributed by atoms with van der Waals surface area (Å²) in [5, 5.41) is 0.627. The van der Waals surface area contributed by atoms with E-state index in [-0.39, 0.29) is 11.9 Å². The van der Waals surface area contributed by atoms with E-state index in [9.17, 15) is 4.39 Å². The largest absolute Gasteiger partial charge is 0.487 e. The van der Waals surface area contributed by atoms with Gasteiger partial charge in [0.2, 0.25) is 0 Å². The fraction of sp³-hybridized carbons (Fsp3) is 0.571. The lowest BCUT2D eigenvalue weighted by atomic mass is 9.88. The third kappa shape index (κ3) is 3.21. The standard InChI is InChI=1S/C14H18BrFO/c1-10-4-2-6-12(8-10)17-14-11(9-15)5-3-7-13(14)16/h3,5,7,10,12H,2,4,6,8-9H2,1H3. The van der Waals surface area contributed by atoms with Crippen LogP contribution < -0.4 is 4.74 Å². The van der Waals surface area contributed by atoms with E-state index >= 15 is 0 Å². The van der Waals surface area contributed by atoms with Crippen molar-refractivity contribution in [2.24, 2.45) is 5.92 Å². The summed E-state index contributed by atoms with van der Waals surface area (Å²) >= 11 is 3.37. The van der Waals surface area contributed by atoms with E-state index in [4.69, 9.17) is 4.74 Å². The van der Waals surface area contributed by atoms with Gasteiger partial charge in [-0.15, -0.1) is 0 Å². The Kier molecular flexibility index (Phi) is 4.43. The Morgan fingerprint density at radius 2 is 2.24 bits per heavy atom. The molecule has 17 heavy (non-hydrogen) atoms. The molecule has 0 aliphatic heterocycles. The second kappa shape index (κ2) is 5.85. The van der Waals surface area contributed by atoms with Crippen LogP contribution in [0.4, 0.5) is 4.39 Å². The Labute approximate surface area is 110 Å². The lowest BCUT2D eigenvalue weighted by Crippen LogP contribution is -2.24. The van der Waals surface area contributed by atoms with Crippen LogP contribution in [0.25, 0.3) is 0 Å². The van der Waals surface area contributed by atoms with Crippen molar-refractivity contribution in [2.45, 2.75) is 44.0 Å². The molecule has 0 bridgehead atoms. The summed E-state index contributed by atoms with van der Waals surface area (Å²) in [6, 6.07) is 5.09. The van der Waals surface area contributed by atoms with Gasteiger partial charge in [-0.3, -0.25) is 0 Å². The van der Waals surface area contributed by atoms with Gasteiger partial charge in [-0.25, -0.2) is 4.39 Å². The minimum Gasteiger partial charge on any atom is -0.487 e. The molecule has 2 atom stereocenters. The van der Waals surface area contributed by atoms with Crippen molar-refractivity contribution in [3.63, 3.8) is 0 Å². The van der Waals surface area contributed by atoms with Gasteiger partial charge in [0.15, 0.2) is 11.6 Å². The van der Waals surface area contributed by atoms with E-state index in [0.29, 0.717) is 17.0 Å². The van der Waals surface area contributed by atoms with Crippen LogP contribution in [0, 0.1) is 11.7 Å². The van der Waals surface area contributed by atoms with Crippen molar-refractivity contribution in [1.29, 1.82) is 0 Å². The summed E-state index contributed by atoms with van der Waals surface area (Å²) in [5.41, 5.74) is 0.892. The summed E-state index contributed by atoms with van der Waals surface area (Å²) in [4.78, 5) is 0. The number of benzene rings is 1. The van der Waals surface area contributed by atoms with Crippen molar-refractivity contribution in [3.8, 4) is 5.75 Å². The predicted octanol–water partition coefficient (Wildman–Crippen LogP) is 4.68. The van der Waals surface area contributed by atoms with Gasteiger partial charge in [0.25, 0.3) is 0 Å². The Bertz CT molecular complexity index is 380. The molecule has 0 amide bonds. The topological polar surface area (TPSA) is 9.23 Å². The summed E-state index contributed by atoms with van der Waals surface area (Å²) in [6.45, 7) is 2.24. The highest BCUT2D eigenvalue weighted by atomic mass is 79.9. The summed E-state index contributed by atoms with van der Waals surface area (Å²) in [7, 11) is 0. The van der Waals surface area contributed by atoms with Gasteiger partial charge >= 0.3 is 0 Å². The second-order valence-electron chi connectivity index (χ2n) is 4.87. The maximum Gasteiger partial charge on any atom is 0.165 e. The van der Waals surface area contributed by atoms with Crippen LogP contribution in [0.2, 0.25) is 0 Å². The molecule has 3 heteroatoms. The van der Waals surface area contributed by atoms with Crippen LogP contribution >= 0.6 is 15.9 Å². The normalized spacial score (nSPS) is 24.6. The molecule has 1 saturated carbocycles. The van der Waals surface area contributed by atoms with Gasteiger partial charge in [-0.1, -0.05) is 41.4 Å². The van der Waals surface area contributed by atoms with Crippen molar-refractivity contribution in [1.82, 2.24) is 0 Å². The molecule has 0 saturated heterocycles. The monoisotopic (exact) mass is 300 g/mol. The number of ether oxygens (including phenoxy) is 1. The first-order valence-corrected chi connectivity index (χ1v) is 7.33. The molecule has 2 unspecified atom stereocenters. The summed E-state index contributed by atoms with van der Waals surface area (Å²) in [5.74, 6) is 0.872. The van der Waals surface area contributed by atoms with Gasteiger partial charge in [0.1, 0.15) is 0 Å². The SMILES string of the molecule is CC1CCCC(Oc2c(F)cccc2CBr)C1. The number of hydrogen-bond donors (Lipinski definition) is 0. The van der Waals surface area contributed by atoms with Crippen molar-refractivity contribution >= 4 is 15.9 Å². The average molecular weight is 301 g/mol. The molecule has 2 rings (SSSR count). The van der Waals surface area contributed by atoms with Crippen LogP contribution in [0.5, 0.6) is 5.75 Å². The number of para-hydroxylation sites is 1. The highest BCUT2D eigenvalue weighted by Crippen LogP contribution is 2.31. The molecule has 1 nitrogen and oxygen atoms in total. The van der Waals surface area contributed by atoms with E-state index in [1.165, 1.54) is 18.9 Å². The molecule has 1 aliphatic rings. The maximum atomic E-state index is 13.7. The third-order valence-corrected chi connectivity index (χ3v) is 3.97. The van der Waals surface area contributed by atoms with E-state index in [0.717, 1.165) is 18.4 Å². The number of alkyl halides is 1. The first-order valence-electron chi connectivity index (χ1n) is 6.20. The van der Waals surface area contributed by atoms with E-state index < -0.39 is 0 Å². The van der Waals surface area contributed by atoms with Gasteiger partial charge in [-0.05, 0) is 31.2 Å². The first kappa shape index (κ1) is 12.9. The van der Waals surface area contributed by atoms with Gasteiger partial charge in [0, 0.05) is 10.9 Å². The molecular weight excluding hydrogens is 283 g/mol. The smallest absolute Gasteiger partial charge is 0.165 e. The van der Waals surface area contributed by atoms with Crippen LogP contribution in [-0.2, 0) is 5.33 Å². The number of rotatable bonds is 3. The molecule has 1 fully saturated rings. The first-order chi connectivity index (χ1) is 8.20. The Morgan fingerprint density at radius 3 is 2.94 bits per heavy atom. The van der Waals surface area contributed by atoms with E-state index in [1.807, 2.05) is 6.07 Å². The van der Waals surface area contributed by atoms with E-state index in [1.54, 1.807) is 6.07 Å². The quantitative estimate of drug-likeness (QED) is 0.737. The molecule has 1 aliphatic carbocycles. The molecule has 94 valence electrons. The summed E-state index contributed by atoms with van der Waals surface area (Å²) < 4.78 is 19.6. The van der Waals surface area contributed by atoms with Crippen LogP contribution in [0.1, 0.15) is 38.2 Å². The van der Waals surface area contributed by atoms with Crippen LogP contribution in [-0.4, -0.2) is 6.10 Å². The van der Waals surface area contributed by atoms with Gasteiger partial charge in [-0.2, -0.15) is 0 Å². The zero-order valence-electron chi connectivity index (χ0n) is 10.1. The fourth-order valence-electron chi connectivity index (χ4n) is 2.44. The zero-order chi connectivity index (χ0) is 12.3. The third-order valence-electron chi connectivity index (χ3n) is 3.37. The Hall–Kier alpha value is -0.570. The molecule has 0 N–H and O–H groups in total. The van der Waals surface area contributed by atoms with E-state index in [2.05, 4.69) is 22.9 Å². The van der Waals surface area contributed by atoms with Crippen molar-refractivity contribution in [3.05, 3.63) is 29.6 Å². The van der Waals surface area contributed by atoms with Gasteiger partial charge in [0.05, 0.1) is 6.10 Å². The molecule has 1 aromatic rings. The minimum atomic E-state index is -0.250. The molecule has 1 aromatic carbocycles. The second-order valence-corrected chi connectivity index (χ2v) is 5.43. The minimum absolute atomic E-state index is 0.174. The average Bonchev–Trinajstić information content (AvgIpc) is 2.32. The Balaban J connectivity index is 2.12. The number of hydrogen-bond acceptors (Lipinski definition) is 1. The molecular formula is C14H18BrFO. The highest BCUT2D eigenvalue weighted by Gasteiger charge is 2.22. The lowest BCUT2D eigenvalue weighted by molar-refractivity contribution is 0.123. The molecule has 0 radical (unpaired) electrons. The van der Waals surface area contributed by atoms with Gasteiger partial charge < -0.3 is 4.74 Å². The molecule has 0 heterocycles. The van der Waals surface area contributed by atoms with Crippen LogP contribution in [0.15, 0.2) is 18.2 Å². The molecule has 0 spiro atoms. The Morgan fingerprint density at radius 1 is 1.41 bits per heavy atom. The zero-order valence-corrected chi connectivity index (χ0v) is 11.7. The lowest BCUT2D eigenvalue weighted by Gasteiger charge is -2.28. The van der Waals surface area contributed by atoms with Crippen molar-refractivity contribution < 1.29 is 9.13 Å². The van der Waals surface area contributed by atoms with Crippen molar-refractivity contribution in [2.75, 3.05) is 0 Å².